The second-order valence-electron chi connectivity index (χ2n) is 6.49. The number of hydrogen-bond acceptors (Lipinski definition) is 0. The number of unbranched alkanes of at least 4 members (excludes halogenated alkanes) is 1. The van der Waals surface area contributed by atoms with Crippen molar-refractivity contribution in [3.8, 4) is 0 Å². The summed E-state index contributed by atoms with van der Waals surface area (Å²) in [5, 5.41) is 0. The summed E-state index contributed by atoms with van der Waals surface area (Å²) in [4.78, 5) is 0. The molecular formula is C22H31B-. The van der Waals surface area contributed by atoms with Crippen molar-refractivity contribution in [2.24, 2.45) is 0 Å². The van der Waals surface area contributed by atoms with Crippen LogP contribution in [0.1, 0.15) is 57.2 Å². The number of rotatable bonds is 8. The predicted octanol–water partition coefficient (Wildman–Crippen LogP) is 4.78. The molecule has 123 valence electrons. The van der Waals surface area contributed by atoms with Gasteiger partial charge in [-0.15, -0.1) is 12.1 Å². The third-order valence-electron chi connectivity index (χ3n) is 4.98. The molecule has 0 heterocycles. The molecule has 0 aliphatic rings. The van der Waals surface area contributed by atoms with Crippen LogP contribution in [0.4, 0.5) is 0 Å². The molecule has 0 aromatic heterocycles. The van der Waals surface area contributed by atoms with Crippen LogP contribution in [0.3, 0.4) is 0 Å². The molecule has 2 rings (SSSR count). The van der Waals surface area contributed by atoms with Gasteiger partial charge in [0.2, 0.25) is 0 Å². The molecular weight excluding hydrogens is 275 g/mol. The quantitative estimate of drug-likeness (QED) is 0.616. The Hall–Kier alpha value is -1.50. The Labute approximate surface area is 143 Å². The molecule has 0 spiro atoms. The van der Waals surface area contributed by atoms with Crippen molar-refractivity contribution in [1.82, 2.24) is 0 Å². The normalized spacial score (nSPS) is 11.2. The molecule has 0 amide bonds. The molecule has 0 saturated heterocycles. The van der Waals surface area contributed by atoms with Crippen molar-refractivity contribution < 1.29 is 0 Å². The molecule has 1 radical (unpaired) electrons. The molecule has 0 nitrogen and oxygen atoms in total. The first-order valence-corrected chi connectivity index (χ1v) is 9.44. The maximum atomic E-state index is 2.45. The van der Waals surface area contributed by atoms with Gasteiger partial charge in [0.25, 0.3) is 0 Å². The number of benzene rings is 2. The van der Waals surface area contributed by atoms with E-state index < -0.39 is 0 Å². The first kappa shape index (κ1) is 17.9. The Balaban J connectivity index is 2.57. The predicted molar refractivity (Wildman–Crippen MR) is 106 cm³/mol. The highest BCUT2D eigenvalue weighted by Crippen LogP contribution is 2.15. The lowest BCUT2D eigenvalue weighted by Crippen LogP contribution is -2.45. The standard InChI is InChI=1S/C22H31B/c1-5-9-15-23(21-13-11-10-12-14-21)22-19(7-3)16-18(6-2)17-20(22)8-4/h10-14,16-17H,5-9,15H2,1-4H3/q-1. The third-order valence-corrected chi connectivity index (χ3v) is 4.98. The summed E-state index contributed by atoms with van der Waals surface area (Å²) < 4.78 is 0. The second kappa shape index (κ2) is 8.96. The molecule has 2 aromatic rings. The van der Waals surface area contributed by atoms with E-state index in [2.05, 4.69) is 70.2 Å². The summed E-state index contributed by atoms with van der Waals surface area (Å²) in [6, 6.07) is 16.0. The molecule has 2 aromatic carbocycles. The van der Waals surface area contributed by atoms with Crippen molar-refractivity contribution in [1.29, 1.82) is 0 Å². The van der Waals surface area contributed by atoms with Gasteiger partial charge in [-0.1, -0.05) is 88.7 Å². The Bertz CT molecular complexity index is 576. The molecule has 0 bridgehead atoms. The Kier molecular flexibility index (Phi) is 6.96. The molecule has 0 atom stereocenters. The van der Waals surface area contributed by atoms with Gasteiger partial charge in [-0.25, -0.2) is 10.9 Å². The smallest absolute Gasteiger partial charge is 0.0307 e. The van der Waals surface area contributed by atoms with Gasteiger partial charge in [0.1, 0.15) is 0 Å². The fraction of sp³-hybridized carbons (Fsp3) is 0.455. The average Bonchev–Trinajstić information content (AvgIpc) is 2.62. The maximum Gasteiger partial charge on any atom is -0.0307 e. The van der Waals surface area contributed by atoms with E-state index >= 15 is 0 Å². The zero-order chi connectivity index (χ0) is 16.7. The van der Waals surface area contributed by atoms with Gasteiger partial charge in [0.05, 0.1) is 0 Å². The zero-order valence-corrected chi connectivity index (χ0v) is 15.4. The van der Waals surface area contributed by atoms with Crippen molar-refractivity contribution in [3.63, 3.8) is 0 Å². The van der Waals surface area contributed by atoms with Crippen LogP contribution in [-0.2, 0) is 19.3 Å². The molecule has 0 aliphatic carbocycles. The van der Waals surface area contributed by atoms with Crippen LogP contribution in [0.15, 0.2) is 42.5 Å². The van der Waals surface area contributed by atoms with E-state index in [4.69, 9.17) is 0 Å². The third kappa shape index (κ3) is 4.28. The van der Waals surface area contributed by atoms with E-state index in [0.717, 1.165) is 19.3 Å². The largest absolute Gasteiger partial charge is 0.239 e. The van der Waals surface area contributed by atoms with E-state index in [0.29, 0.717) is 6.71 Å². The number of aryl methyl sites for hydroxylation is 3. The van der Waals surface area contributed by atoms with E-state index in [1.54, 1.807) is 16.6 Å². The van der Waals surface area contributed by atoms with Gasteiger partial charge in [-0.3, -0.25) is 0 Å². The number of hydrogen-bond donors (Lipinski definition) is 0. The van der Waals surface area contributed by atoms with E-state index in [9.17, 15) is 0 Å². The van der Waals surface area contributed by atoms with Gasteiger partial charge in [0.15, 0.2) is 0 Å². The Morgan fingerprint density at radius 3 is 1.87 bits per heavy atom. The van der Waals surface area contributed by atoms with Crippen LogP contribution in [0, 0.1) is 0 Å². The van der Waals surface area contributed by atoms with Crippen LogP contribution < -0.4 is 10.9 Å². The highest BCUT2D eigenvalue weighted by atomic mass is 14.1. The topological polar surface area (TPSA) is 0 Å². The molecule has 23 heavy (non-hydrogen) atoms. The Morgan fingerprint density at radius 1 is 0.783 bits per heavy atom. The summed E-state index contributed by atoms with van der Waals surface area (Å²) in [6.07, 6.45) is 7.20. The van der Waals surface area contributed by atoms with E-state index in [1.165, 1.54) is 30.2 Å². The minimum Gasteiger partial charge on any atom is -0.239 e. The SMILES string of the molecule is CCCC[B-](c1ccccc1)c1c(CC)cc(CC)cc1CC. The molecule has 0 unspecified atom stereocenters. The monoisotopic (exact) mass is 306 g/mol. The van der Waals surface area contributed by atoms with Gasteiger partial charge in [0, 0.05) is 0 Å². The molecule has 0 fully saturated rings. The summed E-state index contributed by atoms with van der Waals surface area (Å²) in [7, 11) is 0. The molecule has 0 aliphatic heterocycles. The van der Waals surface area contributed by atoms with Crippen LogP contribution in [0.5, 0.6) is 0 Å². The van der Waals surface area contributed by atoms with Crippen LogP contribution in [0.25, 0.3) is 0 Å². The molecule has 0 N–H and O–H groups in total. The van der Waals surface area contributed by atoms with E-state index in [-0.39, 0.29) is 0 Å². The van der Waals surface area contributed by atoms with Crippen molar-refractivity contribution in [2.45, 2.75) is 66.1 Å². The Morgan fingerprint density at radius 2 is 1.39 bits per heavy atom. The minimum absolute atomic E-state index is 0.548. The minimum atomic E-state index is 0.548. The fourth-order valence-electron chi connectivity index (χ4n) is 3.66. The van der Waals surface area contributed by atoms with Gasteiger partial charge >= 0.3 is 0 Å². The van der Waals surface area contributed by atoms with Crippen LogP contribution in [0.2, 0.25) is 6.32 Å². The lowest BCUT2D eigenvalue weighted by Gasteiger charge is -2.35. The lowest BCUT2D eigenvalue weighted by molar-refractivity contribution is 0.877. The molecule has 1 heteroatoms. The van der Waals surface area contributed by atoms with E-state index in [1.807, 2.05) is 0 Å². The zero-order valence-electron chi connectivity index (χ0n) is 15.4. The van der Waals surface area contributed by atoms with Crippen LogP contribution >= 0.6 is 0 Å². The summed E-state index contributed by atoms with van der Waals surface area (Å²) in [5.74, 6) is 0. The van der Waals surface area contributed by atoms with Gasteiger partial charge in [-0.2, -0.15) is 6.32 Å². The van der Waals surface area contributed by atoms with Crippen molar-refractivity contribution >= 4 is 17.6 Å². The van der Waals surface area contributed by atoms with Gasteiger partial charge in [-0.05, 0) is 24.8 Å². The summed E-state index contributed by atoms with van der Waals surface area (Å²) >= 11 is 0. The van der Waals surface area contributed by atoms with Gasteiger partial charge < -0.3 is 0 Å². The summed E-state index contributed by atoms with van der Waals surface area (Å²) in [6.45, 7) is 9.72. The average molecular weight is 306 g/mol. The first-order valence-electron chi connectivity index (χ1n) is 9.44. The second-order valence-corrected chi connectivity index (χ2v) is 6.49. The molecule has 0 saturated carbocycles. The maximum absolute atomic E-state index is 2.45. The fourth-order valence-corrected chi connectivity index (χ4v) is 3.66. The highest BCUT2D eigenvalue weighted by molar-refractivity contribution is 6.85. The van der Waals surface area contributed by atoms with Crippen LogP contribution in [-0.4, -0.2) is 6.71 Å². The highest BCUT2D eigenvalue weighted by Gasteiger charge is 2.11. The van der Waals surface area contributed by atoms with Crippen molar-refractivity contribution in [2.75, 3.05) is 0 Å². The summed E-state index contributed by atoms with van der Waals surface area (Å²) in [5.41, 5.74) is 7.71. The first-order chi connectivity index (χ1) is 11.2. The lowest BCUT2D eigenvalue weighted by atomic mass is 9.36. The van der Waals surface area contributed by atoms with Crippen molar-refractivity contribution in [3.05, 3.63) is 59.2 Å².